The molecule has 98 valence electrons. The van der Waals surface area contributed by atoms with E-state index in [0.717, 1.165) is 0 Å². The number of rotatable bonds is 4. The Morgan fingerprint density at radius 2 is 1.95 bits per heavy atom. The number of benzene rings is 1. The van der Waals surface area contributed by atoms with Crippen molar-refractivity contribution >= 4 is 11.9 Å². The van der Waals surface area contributed by atoms with Crippen LogP contribution in [0.15, 0.2) is 47.1 Å². The average molecular weight is 259 g/mol. The molecule has 0 radical (unpaired) electrons. The molecule has 1 aromatic carbocycles. The first-order chi connectivity index (χ1) is 9.20. The van der Waals surface area contributed by atoms with Crippen molar-refractivity contribution in [2.75, 3.05) is 6.54 Å². The summed E-state index contributed by atoms with van der Waals surface area (Å²) in [7, 11) is 0. The molecule has 0 aliphatic rings. The van der Waals surface area contributed by atoms with E-state index in [1.165, 1.54) is 12.3 Å². The number of esters is 1. The van der Waals surface area contributed by atoms with Gasteiger partial charge in [-0.1, -0.05) is 0 Å². The second-order valence-electron chi connectivity index (χ2n) is 3.75. The summed E-state index contributed by atoms with van der Waals surface area (Å²) in [5.74, 6) is -0.246. The molecule has 5 nitrogen and oxygen atoms in total. The molecule has 1 heterocycles. The van der Waals surface area contributed by atoms with Crippen LogP contribution in [0.3, 0.4) is 0 Å². The molecule has 2 rings (SSSR count). The molecule has 0 aliphatic heterocycles. The zero-order valence-electron chi connectivity index (χ0n) is 10.4. The summed E-state index contributed by atoms with van der Waals surface area (Å²) < 4.78 is 10.0. The molecule has 0 saturated carbocycles. The maximum atomic E-state index is 11.6. The van der Waals surface area contributed by atoms with Gasteiger partial charge in [0.2, 0.25) is 5.76 Å². The molecule has 0 fully saturated rings. The number of carbonyl (C=O) groups excluding carboxylic acids is 2. The van der Waals surface area contributed by atoms with Gasteiger partial charge < -0.3 is 14.5 Å². The van der Waals surface area contributed by atoms with Gasteiger partial charge in [-0.2, -0.15) is 0 Å². The zero-order chi connectivity index (χ0) is 13.7. The van der Waals surface area contributed by atoms with E-state index in [9.17, 15) is 9.59 Å². The van der Waals surface area contributed by atoms with Crippen LogP contribution < -0.4 is 10.1 Å². The van der Waals surface area contributed by atoms with Crippen molar-refractivity contribution in [3.8, 4) is 5.75 Å². The Bertz CT molecular complexity index is 558. The van der Waals surface area contributed by atoms with Crippen molar-refractivity contribution in [3.63, 3.8) is 0 Å². The number of hydrogen-bond donors (Lipinski definition) is 1. The highest BCUT2D eigenvalue weighted by molar-refractivity contribution is 5.94. The Balaban J connectivity index is 2.03. The number of nitrogens with one attached hydrogen (secondary N) is 1. The summed E-state index contributed by atoms with van der Waals surface area (Å²) >= 11 is 0. The second kappa shape index (κ2) is 5.86. The topological polar surface area (TPSA) is 68.5 Å². The minimum atomic E-state index is -0.573. The summed E-state index contributed by atoms with van der Waals surface area (Å²) in [5.41, 5.74) is 0.514. The molecule has 0 atom stereocenters. The largest absolute Gasteiger partial charge is 0.457 e. The molecule has 0 bridgehead atoms. The lowest BCUT2D eigenvalue weighted by molar-refractivity contribution is 0.0701. The Kier molecular flexibility index (Phi) is 3.97. The highest BCUT2D eigenvalue weighted by atomic mass is 16.5. The van der Waals surface area contributed by atoms with Crippen LogP contribution in [0, 0.1) is 0 Å². The van der Waals surface area contributed by atoms with Crippen molar-refractivity contribution in [1.82, 2.24) is 5.32 Å². The van der Waals surface area contributed by atoms with Crippen LogP contribution >= 0.6 is 0 Å². The van der Waals surface area contributed by atoms with Crippen molar-refractivity contribution < 1.29 is 18.7 Å². The van der Waals surface area contributed by atoms with Crippen molar-refractivity contribution in [2.24, 2.45) is 0 Å². The van der Waals surface area contributed by atoms with E-state index < -0.39 is 5.97 Å². The van der Waals surface area contributed by atoms with Gasteiger partial charge in [-0.25, -0.2) is 4.79 Å². The Morgan fingerprint density at radius 3 is 2.53 bits per heavy atom. The summed E-state index contributed by atoms with van der Waals surface area (Å²) in [4.78, 5) is 23.1. The number of ether oxygens (including phenoxy) is 1. The standard InChI is InChI=1S/C14H13NO4/c1-2-15-13(16)10-5-7-11(8-6-10)19-14(17)12-4-3-9-18-12/h3-9H,2H2,1H3,(H,15,16). The van der Waals surface area contributed by atoms with Gasteiger partial charge in [-0.05, 0) is 43.3 Å². The van der Waals surface area contributed by atoms with E-state index >= 15 is 0 Å². The first kappa shape index (κ1) is 12.9. The van der Waals surface area contributed by atoms with Gasteiger partial charge in [0, 0.05) is 12.1 Å². The predicted octanol–water partition coefficient (Wildman–Crippen LogP) is 2.25. The molecule has 0 saturated heterocycles. The van der Waals surface area contributed by atoms with Crippen LogP contribution in [0.1, 0.15) is 27.8 Å². The van der Waals surface area contributed by atoms with E-state index in [4.69, 9.17) is 9.15 Å². The average Bonchev–Trinajstić information content (AvgIpc) is 2.94. The molecular formula is C14H13NO4. The van der Waals surface area contributed by atoms with E-state index in [-0.39, 0.29) is 11.7 Å². The zero-order valence-corrected chi connectivity index (χ0v) is 10.4. The maximum absolute atomic E-state index is 11.6. The number of hydrogen-bond acceptors (Lipinski definition) is 4. The fraction of sp³-hybridized carbons (Fsp3) is 0.143. The van der Waals surface area contributed by atoms with E-state index in [2.05, 4.69) is 5.32 Å². The summed E-state index contributed by atoms with van der Waals surface area (Å²) in [5, 5.41) is 2.68. The lowest BCUT2D eigenvalue weighted by Crippen LogP contribution is -2.22. The number of amides is 1. The summed E-state index contributed by atoms with van der Waals surface area (Å²) in [6, 6.07) is 9.43. The molecule has 0 spiro atoms. The highest BCUT2D eigenvalue weighted by Crippen LogP contribution is 2.14. The lowest BCUT2D eigenvalue weighted by atomic mass is 10.2. The summed E-state index contributed by atoms with van der Waals surface area (Å²) in [6.07, 6.45) is 1.40. The number of furan rings is 1. The van der Waals surface area contributed by atoms with E-state index in [1.54, 1.807) is 30.3 Å². The van der Waals surface area contributed by atoms with Gasteiger partial charge in [-0.3, -0.25) is 4.79 Å². The second-order valence-corrected chi connectivity index (χ2v) is 3.75. The molecule has 1 N–H and O–H groups in total. The lowest BCUT2D eigenvalue weighted by Gasteiger charge is -2.04. The van der Waals surface area contributed by atoms with E-state index in [1.807, 2.05) is 6.92 Å². The number of carbonyl (C=O) groups is 2. The van der Waals surface area contributed by atoms with Gasteiger partial charge in [0.05, 0.1) is 6.26 Å². The minimum absolute atomic E-state index is 0.132. The van der Waals surface area contributed by atoms with Crippen molar-refractivity contribution in [3.05, 3.63) is 54.0 Å². The quantitative estimate of drug-likeness (QED) is 0.675. The van der Waals surface area contributed by atoms with Crippen molar-refractivity contribution in [2.45, 2.75) is 6.92 Å². The van der Waals surface area contributed by atoms with Crippen molar-refractivity contribution in [1.29, 1.82) is 0 Å². The van der Waals surface area contributed by atoms with Crippen LogP contribution in [0.4, 0.5) is 0 Å². The fourth-order valence-electron chi connectivity index (χ4n) is 1.49. The smallest absolute Gasteiger partial charge is 0.379 e. The minimum Gasteiger partial charge on any atom is -0.457 e. The Hall–Kier alpha value is -2.56. The van der Waals surface area contributed by atoms with Crippen LogP contribution in [-0.4, -0.2) is 18.4 Å². The SMILES string of the molecule is CCNC(=O)c1ccc(OC(=O)c2ccco2)cc1. The van der Waals surface area contributed by atoms with Gasteiger partial charge in [-0.15, -0.1) is 0 Å². The molecule has 0 unspecified atom stereocenters. The van der Waals surface area contributed by atoms with Crippen LogP contribution in [0.25, 0.3) is 0 Å². The molecule has 19 heavy (non-hydrogen) atoms. The molecule has 2 aromatic rings. The maximum Gasteiger partial charge on any atom is 0.379 e. The predicted molar refractivity (Wildman–Crippen MR) is 68.1 cm³/mol. The van der Waals surface area contributed by atoms with Crippen LogP contribution in [0.5, 0.6) is 5.75 Å². The first-order valence-corrected chi connectivity index (χ1v) is 5.84. The third kappa shape index (κ3) is 3.22. The van der Waals surface area contributed by atoms with Gasteiger partial charge in [0.15, 0.2) is 0 Å². The normalized spacial score (nSPS) is 9.95. The third-order valence-corrected chi connectivity index (χ3v) is 2.39. The molecular weight excluding hydrogens is 246 g/mol. The fourth-order valence-corrected chi connectivity index (χ4v) is 1.49. The monoisotopic (exact) mass is 259 g/mol. The highest BCUT2D eigenvalue weighted by Gasteiger charge is 2.11. The van der Waals surface area contributed by atoms with Crippen LogP contribution in [-0.2, 0) is 0 Å². The van der Waals surface area contributed by atoms with Gasteiger partial charge >= 0.3 is 5.97 Å². The molecule has 0 aliphatic carbocycles. The van der Waals surface area contributed by atoms with Crippen LogP contribution in [0.2, 0.25) is 0 Å². The van der Waals surface area contributed by atoms with Gasteiger partial charge in [0.25, 0.3) is 5.91 Å². The molecule has 5 heteroatoms. The third-order valence-electron chi connectivity index (χ3n) is 2.39. The summed E-state index contributed by atoms with van der Waals surface area (Å²) in [6.45, 7) is 2.41. The van der Waals surface area contributed by atoms with E-state index in [0.29, 0.717) is 17.9 Å². The Labute approximate surface area is 110 Å². The molecule has 1 amide bonds. The Morgan fingerprint density at radius 1 is 1.21 bits per heavy atom. The first-order valence-electron chi connectivity index (χ1n) is 5.84. The van der Waals surface area contributed by atoms with Gasteiger partial charge in [0.1, 0.15) is 5.75 Å². The molecule has 1 aromatic heterocycles.